The van der Waals surface area contributed by atoms with Gasteiger partial charge in [-0.25, -0.2) is 9.48 Å². The van der Waals surface area contributed by atoms with Crippen molar-refractivity contribution in [2.24, 2.45) is 4.99 Å². The van der Waals surface area contributed by atoms with Gasteiger partial charge in [-0.05, 0) is 50.5 Å². The molecule has 0 radical (unpaired) electrons. The number of rotatable bonds is 8. The first-order valence-corrected chi connectivity index (χ1v) is 10.5. The molecule has 0 bridgehead atoms. The van der Waals surface area contributed by atoms with E-state index in [0.29, 0.717) is 30.6 Å². The Hall–Kier alpha value is -2.48. The Morgan fingerprint density at radius 2 is 2.10 bits per heavy atom. The number of benzene rings is 1. The van der Waals surface area contributed by atoms with Crippen LogP contribution in [0.5, 0.6) is 5.75 Å². The summed E-state index contributed by atoms with van der Waals surface area (Å²) in [6.07, 6.45) is 3.81. The Morgan fingerprint density at radius 3 is 2.83 bits per heavy atom. The molecule has 1 atom stereocenters. The van der Waals surface area contributed by atoms with Crippen LogP contribution in [-0.4, -0.2) is 46.5 Å². The third kappa shape index (κ3) is 6.00. The summed E-state index contributed by atoms with van der Waals surface area (Å²) in [7, 11) is 1.73. The van der Waals surface area contributed by atoms with Crippen LogP contribution in [0, 0.1) is 0 Å². The molecule has 2 heterocycles. The quantitative estimate of drug-likeness (QED) is 0.388. The van der Waals surface area contributed by atoms with E-state index in [4.69, 9.17) is 16.3 Å². The molecule has 0 aliphatic carbocycles. The average molecular weight is 421 g/mol. The highest BCUT2D eigenvalue weighted by molar-refractivity contribution is 6.30. The highest BCUT2D eigenvalue weighted by Gasteiger charge is 2.16. The van der Waals surface area contributed by atoms with Crippen molar-refractivity contribution in [3.05, 3.63) is 45.6 Å². The van der Waals surface area contributed by atoms with Crippen molar-refractivity contribution in [3.8, 4) is 5.75 Å². The first-order valence-electron chi connectivity index (χ1n) is 10.1. The van der Waals surface area contributed by atoms with E-state index >= 15 is 0 Å². The van der Waals surface area contributed by atoms with Crippen molar-refractivity contribution in [3.63, 3.8) is 0 Å². The van der Waals surface area contributed by atoms with Gasteiger partial charge >= 0.3 is 5.69 Å². The predicted octanol–water partition coefficient (Wildman–Crippen LogP) is 2.06. The van der Waals surface area contributed by atoms with Gasteiger partial charge < -0.3 is 15.4 Å². The number of aryl methyl sites for hydroxylation is 2. The Kier molecular flexibility index (Phi) is 7.57. The van der Waals surface area contributed by atoms with Crippen molar-refractivity contribution in [2.75, 3.05) is 20.1 Å². The third-order valence-electron chi connectivity index (χ3n) is 4.80. The Balaban J connectivity index is 1.37. The molecular weight excluding hydrogens is 392 g/mol. The number of aromatic nitrogens is 3. The van der Waals surface area contributed by atoms with Gasteiger partial charge in [0.2, 0.25) is 0 Å². The summed E-state index contributed by atoms with van der Waals surface area (Å²) in [5.74, 6) is 2.40. The number of hydrogen-bond acceptors (Lipinski definition) is 4. The van der Waals surface area contributed by atoms with Crippen LogP contribution in [-0.2, 0) is 19.5 Å². The number of nitrogens with zero attached hydrogens (tertiary/aromatic N) is 4. The summed E-state index contributed by atoms with van der Waals surface area (Å²) in [6.45, 7) is 4.68. The molecular formula is C20H29ClN6O2. The van der Waals surface area contributed by atoms with Crippen LogP contribution in [0.2, 0.25) is 5.02 Å². The highest BCUT2D eigenvalue weighted by atomic mass is 35.5. The van der Waals surface area contributed by atoms with Gasteiger partial charge in [-0.3, -0.25) is 9.56 Å². The lowest BCUT2D eigenvalue weighted by Crippen LogP contribution is -2.42. The maximum absolute atomic E-state index is 12.3. The molecule has 0 fully saturated rings. The second kappa shape index (κ2) is 10.3. The lowest BCUT2D eigenvalue weighted by molar-refractivity contribution is 0.224. The van der Waals surface area contributed by atoms with E-state index in [0.717, 1.165) is 43.8 Å². The van der Waals surface area contributed by atoms with Crippen LogP contribution in [0.4, 0.5) is 0 Å². The Labute approximate surface area is 175 Å². The Morgan fingerprint density at radius 1 is 1.31 bits per heavy atom. The van der Waals surface area contributed by atoms with E-state index in [1.807, 2.05) is 19.1 Å². The third-order valence-corrected chi connectivity index (χ3v) is 5.05. The topological polar surface area (TPSA) is 85.5 Å². The van der Waals surface area contributed by atoms with E-state index in [1.54, 1.807) is 28.4 Å². The summed E-state index contributed by atoms with van der Waals surface area (Å²) in [4.78, 5) is 16.6. The molecule has 9 heteroatoms. The number of ether oxygens (including phenoxy) is 1. The summed E-state index contributed by atoms with van der Waals surface area (Å²) in [5.41, 5.74) is 0.00961. The molecule has 0 saturated heterocycles. The molecule has 1 aromatic carbocycles. The van der Waals surface area contributed by atoms with E-state index in [1.165, 1.54) is 0 Å². The fourth-order valence-electron chi connectivity index (χ4n) is 3.28. The number of nitrogens with one attached hydrogen (secondary N) is 2. The smallest absolute Gasteiger partial charge is 0.345 e. The van der Waals surface area contributed by atoms with E-state index in [-0.39, 0.29) is 11.8 Å². The molecule has 3 rings (SSSR count). The molecule has 1 aliphatic rings. The SMILES string of the molecule is CN=C(NCCCn1nc2n(c1=O)CCCC2)NCC(C)Oc1ccc(Cl)cc1. The number of hydrogen-bond donors (Lipinski definition) is 2. The van der Waals surface area contributed by atoms with E-state index in [2.05, 4.69) is 20.7 Å². The van der Waals surface area contributed by atoms with Crippen LogP contribution in [0.1, 0.15) is 32.0 Å². The molecule has 1 unspecified atom stereocenters. The van der Waals surface area contributed by atoms with Crippen LogP contribution in [0.3, 0.4) is 0 Å². The fourth-order valence-corrected chi connectivity index (χ4v) is 3.40. The zero-order chi connectivity index (χ0) is 20.6. The molecule has 2 N–H and O–H groups in total. The highest BCUT2D eigenvalue weighted by Crippen LogP contribution is 2.16. The zero-order valence-corrected chi connectivity index (χ0v) is 17.8. The normalized spacial score (nSPS) is 14.9. The molecule has 0 saturated carbocycles. The lowest BCUT2D eigenvalue weighted by atomic mass is 10.2. The maximum atomic E-state index is 12.3. The summed E-state index contributed by atoms with van der Waals surface area (Å²) >= 11 is 5.89. The molecule has 2 aromatic rings. The summed E-state index contributed by atoms with van der Waals surface area (Å²) in [5, 5.41) is 11.7. The van der Waals surface area contributed by atoms with Crippen molar-refractivity contribution in [2.45, 2.75) is 51.8 Å². The zero-order valence-electron chi connectivity index (χ0n) is 17.0. The standard InChI is InChI=1S/C20H29ClN6O2/c1-15(29-17-9-7-16(21)8-10-17)14-24-19(22-2)23-11-5-13-27-20(28)26-12-4-3-6-18(26)25-27/h7-10,15H,3-6,11-14H2,1-2H3,(H2,22,23,24). The van der Waals surface area contributed by atoms with Gasteiger partial charge in [0.05, 0.1) is 6.54 Å². The molecule has 29 heavy (non-hydrogen) atoms. The minimum atomic E-state index is -0.0369. The van der Waals surface area contributed by atoms with Gasteiger partial charge in [0.15, 0.2) is 5.96 Å². The molecule has 158 valence electrons. The van der Waals surface area contributed by atoms with Crippen LogP contribution in [0.15, 0.2) is 34.1 Å². The van der Waals surface area contributed by atoms with Gasteiger partial charge in [-0.1, -0.05) is 11.6 Å². The first kappa shape index (κ1) is 21.2. The van der Waals surface area contributed by atoms with Crippen LogP contribution >= 0.6 is 11.6 Å². The van der Waals surface area contributed by atoms with E-state index < -0.39 is 0 Å². The monoisotopic (exact) mass is 420 g/mol. The van der Waals surface area contributed by atoms with Gasteiger partial charge in [-0.2, -0.15) is 5.10 Å². The molecule has 1 aliphatic heterocycles. The van der Waals surface area contributed by atoms with Gasteiger partial charge in [-0.15, -0.1) is 0 Å². The maximum Gasteiger partial charge on any atom is 0.345 e. The minimum absolute atomic E-state index is 0.00961. The number of halogens is 1. The van der Waals surface area contributed by atoms with Crippen molar-refractivity contribution in [1.29, 1.82) is 0 Å². The van der Waals surface area contributed by atoms with Gasteiger partial charge in [0.1, 0.15) is 17.7 Å². The number of guanidine groups is 1. The molecule has 1 aromatic heterocycles. The summed E-state index contributed by atoms with van der Waals surface area (Å²) < 4.78 is 9.24. The van der Waals surface area contributed by atoms with Crippen LogP contribution < -0.4 is 21.1 Å². The second-order valence-electron chi connectivity index (χ2n) is 7.15. The Bertz CT molecular complexity index is 874. The van der Waals surface area contributed by atoms with E-state index in [9.17, 15) is 4.79 Å². The average Bonchev–Trinajstić information content (AvgIpc) is 3.05. The van der Waals surface area contributed by atoms with Crippen LogP contribution in [0.25, 0.3) is 0 Å². The fraction of sp³-hybridized carbons (Fsp3) is 0.550. The molecule has 0 amide bonds. The van der Waals surface area contributed by atoms with Gasteiger partial charge in [0, 0.05) is 38.1 Å². The van der Waals surface area contributed by atoms with Crippen molar-refractivity contribution < 1.29 is 4.74 Å². The largest absolute Gasteiger partial charge is 0.489 e. The number of fused-ring (bicyclic) bond motifs is 1. The lowest BCUT2D eigenvalue weighted by Gasteiger charge is -2.17. The van der Waals surface area contributed by atoms with Crippen molar-refractivity contribution in [1.82, 2.24) is 25.0 Å². The predicted molar refractivity (Wildman–Crippen MR) is 115 cm³/mol. The van der Waals surface area contributed by atoms with Crippen molar-refractivity contribution >= 4 is 17.6 Å². The second-order valence-corrected chi connectivity index (χ2v) is 7.58. The minimum Gasteiger partial charge on any atom is -0.489 e. The molecule has 0 spiro atoms. The molecule has 8 nitrogen and oxygen atoms in total. The summed E-state index contributed by atoms with van der Waals surface area (Å²) in [6, 6.07) is 7.31. The first-order chi connectivity index (χ1) is 14.1. The number of aliphatic imine (C=N–C) groups is 1. The van der Waals surface area contributed by atoms with Gasteiger partial charge in [0.25, 0.3) is 0 Å².